The van der Waals surface area contributed by atoms with Crippen molar-refractivity contribution in [3.8, 4) is 0 Å². The van der Waals surface area contributed by atoms with Gasteiger partial charge in [-0.25, -0.2) is 4.79 Å². The minimum Gasteiger partial charge on any atom is -0.394 e. The number of morpholine rings is 1. The molecule has 3 rings (SSSR count). The van der Waals surface area contributed by atoms with Gasteiger partial charge in [0.1, 0.15) is 0 Å². The Kier molecular flexibility index (Phi) is 4.53. The van der Waals surface area contributed by atoms with Gasteiger partial charge in [0.2, 0.25) is 0 Å². The van der Waals surface area contributed by atoms with Crippen LogP contribution in [0.2, 0.25) is 0 Å². The Bertz CT molecular complexity index is 859. The van der Waals surface area contributed by atoms with Crippen LogP contribution in [0, 0.1) is 0 Å². The first-order chi connectivity index (χ1) is 11.8. The van der Waals surface area contributed by atoms with Crippen molar-refractivity contribution in [1.29, 1.82) is 0 Å². The number of ether oxygens (including phenoxy) is 1. The number of aryl methyl sites for hydroxylation is 1. The topological polar surface area (TPSA) is 83.8 Å². The summed E-state index contributed by atoms with van der Waals surface area (Å²) < 4.78 is 7.23. The van der Waals surface area contributed by atoms with E-state index in [1.54, 1.807) is 30.3 Å². The lowest BCUT2D eigenvalue weighted by molar-refractivity contribution is -0.137. The van der Waals surface area contributed by atoms with Crippen molar-refractivity contribution in [3.05, 3.63) is 40.8 Å². The highest BCUT2D eigenvalue weighted by atomic mass is 16.5. The molecule has 25 heavy (non-hydrogen) atoms. The summed E-state index contributed by atoms with van der Waals surface area (Å²) in [7, 11) is 1.69. The first-order valence-electron chi connectivity index (χ1n) is 8.23. The third-order valence-electron chi connectivity index (χ3n) is 4.31. The molecule has 1 aromatic carbocycles. The molecule has 1 aliphatic heterocycles. The zero-order chi connectivity index (χ0) is 18.2. The summed E-state index contributed by atoms with van der Waals surface area (Å²) in [5, 5.41) is 13.6. The molecule has 1 fully saturated rings. The Labute approximate surface area is 145 Å². The number of anilines is 1. The fourth-order valence-corrected chi connectivity index (χ4v) is 3.16. The summed E-state index contributed by atoms with van der Waals surface area (Å²) in [4.78, 5) is 26.5. The molecule has 0 saturated carbocycles. The van der Waals surface area contributed by atoms with Crippen LogP contribution in [-0.4, -0.2) is 52.0 Å². The molecule has 2 N–H and O–H groups in total. The van der Waals surface area contributed by atoms with Crippen molar-refractivity contribution in [1.82, 2.24) is 9.47 Å². The Morgan fingerprint density at radius 2 is 2.16 bits per heavy atom. The van der Waals surface area contributed by atoms with Gasteiger partial charge in [-0.05, 0) is 37.4 Å². The highest BCUT2D eigenvalue weighted by Crippen LogP contribution is 2.22. The van der Waals surface area contributed by atoms with Crippen molar-refractivity contribution in [2.75, 3.05) is 25.0 Å². The second-order valence-corrected chi connectivity index (χ2v) is 7.03. The van der Waals surface area contributed by atoms with E-state index in [9.17, 15) is 14.7 Å². The molecule has 0 radical (unpaired) electrons. The highest BCUT2D eigenvalue weighted by Gasteiger charge is 2.35. The lowest BCUT2D eigenvalue weighted by Crippen LogP contribution is -2.56. The van der Waals surface area contributed by atoms with Crippen LogP contribution in [0.4, 0.5) is 10.5 Å². The SMILES string of the molecule is Cn1ccc2ccc(NC(=O)N3CC(CO)OC(C)(C)C3)cc2c1=O. The van der Waals surface area contributed by atoms with Crippen molar-refractivity contribution < 1.29 is 14.6 Å². The predicted octanol–water partition coefficient (Wildman–Crippen LogP) is 1.54. The van der Waals surface area contributed by atoms with Crippen LogP contribution in [0.5, 0.6) is 0 Å². The van der Waals surface area contributed by atoms with Crippen LogP contribution < -0.4 is 10.9 Å². The number of nitrogens with zero attached hydrogens (tertiary/aromatic N) is 2. The number of nitrogens with one attached hydrogen (secondary N) is 1. The minimum atomic E-state index is -0.525. The smallest absolute Gasteiger partial charge is 0.322 e. The summed E-state index contributed by atoms with van der Waals surface area (Å²) >= 11 is 0. The molecule has 2 aromatic rings. The van der Waals surface area contributed by atoms with Crippen LogP contribution in [0.25, 0.3) is 10.8 Å². The fraction of sp³-hybridized carbons (Fsp3) is 0.444. The van der Waals surface area contributed by atoms with Gasteiger partial charge in [0.15, 0.2) is 0 Å². The van der Waals surface area contributed by atoms with Gasteiger partial charge in [0, 0.05) is 24.3 Å². The van der Waals surface area contributed by atoms with E-state index in [1.807, 2.05) is 26.0 Å². The zero-order valence-corrected chi connectivity index (χ0v) is 14.7. The van der Waals surface area contributed by atoms with Gasteiger partial charge >= 0.3 is 6.03 Å². The summed E-state index contributed by atoms with van der Waals surface area (Å²) in [6.45, 7) is 4.37. The number of amides is 2. The number of hydrogen-bond acceptors (Lipinski definition) is 4. The summed E-state index contributed by atoms with van der Waals surface area (Å²) in [5.41, 5.74) is -0.0745. The number of hydrogen-bond donors (Lipinski definition) is 2. The molecule has 1 unspecified atom stereocenters. The number of aliphatic hydroxyl groups is 1. The number of aliphatic hydroxyl groups excluding tert-OH is 1. The number of urea groups is 1. The largest absolute Gasteiger partial charge is 0.394 e. The lowest BCUT2D eigenvalue weighted by atomic mass is 10.1. The number of aromatic nitrogens is 1. The van der Waals surface area contributed by atoms with Crippen molar-refractivity contribution >= 4 is 22.5 Å². The molecule has 1 aromatic heterocycles. The molecule has 1 saturated heterocycles. The van der Waals surface area contributed by atoms with Crippen LogP contribution in [-0.2, 0) is 11.8 Å². The molecule has 2 amide bonds. The summed E-state index contributed by atoms with van der Waals surface area (Å²) in [5.74, 6) is 0. The van der Waals surface area contributed by atoms with Crippen molar-refractivity contribution in [3.63, 3.8) is 0 Å². The lowest BCUT2D eigenvalue weighted by Gasteiger charge is -2.42. The number of fused-ring (bicyclic) bond motifs is 1. The van der Waals surface area contributed by atoms with Gasteiger partial charge in [0.25, 0.3) is 5.56 Å². The van der Waals surface area contributed by atoms with E-state index < -0.39 is 11.7 Å². The van der Waals surface area contributed by atoms with Gasteiger partial charge in [-0.2, -0.15) is 0 Å². The highest BCUT2D eigenvalue weighted by molar-refractivity contribution is 5.93. The van der Waals surface area contributed by atoms with E-state index in [2.05, 4.69) is 5.32 Å². The molecule has 1 atom stereocenters. The van der Waals surface area contributed by atoms with Crippen LogP contribution in [0.15, 0.2) is 35.3 Å². The standard InChI is InChI=1S/C18H23N3O4/c1-18(2)11-21(9-14(10-22)25-18)17(24)19-13-5-4-12-6-7-20(3)16(23)15(12)8-13/h4-8,14,22H,9-11H2,1-3H3,(H,19,24). The molecule has 134 valence electrons. The Morgan fingerprint density at radius 1 is 1.40 bits per heavy atom. The van der Waals surface area contributed by atoms with Gasteiger partial charge in [-0.3, -0.25) is 4.79 Å². The molecule has 7 nitrogen and oxygen atoms in total. The first-order valence-corrected chi connectivity index (χ1v) is 8.23. The molecule has 0 spiro atoms. The minimum absolute atomic E-state index is 0.110. The first kappa shape index (κ1) is 17.4. The average Bonchev–Trinajstić information content (AvgIpc) is 2.57. The fourth-order valence-electron chi connectivity index (χ4n) is 3.16. The Balaban J connectivity index is 1.82. The molecule has 0 bridgehead atoms. The maximum atomic E-state index is 12.6. The molecular weight excluding hydrogens is 322 g/mol. The third kappa shape index (κ3) is 3.67. The quantitative estimate of drug-likeness (QED) is 0.865. The molecule has 1 aliphatic rings. The van der Waals surface area contributed by atoms with Crippen molar-refractivity contribution in [2.24, 2.45) is 7.05 Å². The Hall–Kier alpha value is -2.38. The van der Waals surface area contributed by atoms with Gasteiger partial charge < -0.3 is 24.6 Å². The predicted molar refractivity (Wildman–Crippen MR) is 95.8 cm³/mol. The average molecular weight is 345 g/mol. The van der Waals surface area contributed by atoms with E-state index in [0.717, 1.165) is 5.39 Å². The molecule has 2 heterocycles. The van der Waals surface area contributed by atoms with Crippen LogP contribution in [0.1, 0.15) is 13.8 Å². The van der Waals surface area contributed by atoms with E-state index in [1.165, 1.54) is 4.57 Å². The maximum absolute atomic E-state index is 12.6. The van der Waals surface area contributed by atoms with E-state index in [-0.39, 0.29) is 18.2 Å². The van der Waals surface area contributed by atoms with Crippen LogP contribution >= 0.6 is 0 Å². The molecule has 7 heteroatoms. The van der Waals surface area contributed by atoms with Crippen molar-refractivity contribution in [2.45, 2.75) is 25.6 Å². The van der Waals surface area contributed by atoms with E-state index >= 15 is 0 Å². The second kappa shape index (κ2) is 6.50. The maximum Gasteiger partial charge on any atom is 0.322 e. The zero-order valence-electron chi connectivity index (χ0n) is 14.7. The molecular formula is C18H23N3O4. The van der Waals surface area contributed by atoms with E-state index in [0.29, 0.717) is 24.2 Å². The second-order valence-electron chi connectivity index (χ2n) is 7.03. The number of benzene rings is 1. The number of pyridine rings is 1. The monoisotopic (exact) mass is 345 g/mol. The van der Waals surface area contributed by atoms with Crippen LogP contribution in [0.3, 0.4) is 0 Å². The summed E-state index contributed by atoms with van der Waals surface area (Å²) in [6, 6.07) is 6.85. The normalized spacial score (nSPS) is 19.8. The summed E-state index contributed by atoms with van der Waals surface area (Å²) in [6.07, 6.45) is 1.31. The van der Waals surface area contributed by atoms with Gasteiger partial charge in [-0.1, -0.05) is 6.07 Å². The van der Waals surface area contributed by atoms with E-state index in [4.69, 9.17) is 4.74 Å². The van der Waals surface area contributed by atoms with Gasteiger partial charge in [-0.15, -0.1) is 0 Å². The Morgan fingerprint density at radius 3 is 2.88 bits per heavy atom. The number of rotatable bonds is 2. The van der Waals surface area contributed by atoms with Gasteiger partial charge in [0.05, 0.1) is 31.4 Å². The number of carbonyl (C=O) groups is 1. The molecule has 0 aliphatic carbocycles. The third-order valence-corrected chi connectivity index (χ3v) is 4.31. The number of carbonyl (C=O) groups excluding carboxylic acids is 1.